The molecule has 0 saturated carbocycles. The Labute approximate surface area is 116 Å². The lowest BCUT2D eigenvalue weighted by Crippen LogP contribution is -2.53. The molecule has 0 saturated heterocycles. The number of rotatable bonds is 7. The second-order valence-electron chi connectivity index (χ2n) is 5.09. The number of nitrogens with one attached hydrogen (secondary N) is 1. The first-order valence-corrected chi connectivity index (χ1v) is 7.22. The summed E-state index contributed by atoms with van der Waals surface area (Å²) in [5.41, 5.74) is 6.55. The van der Waals surface area contributed by atoms with Gasteiger partial charge >= 0.3 is 0 Å². The smallest absolute Gasteiger partial charge is 0.240 e. The summed E-state index contributed by atoms with van der Waals surface area (Å²) in [6.45, 7) is 6.04. The van der Waals surface area contributed by atoms with Crippen LogP contribution in [0.4, 0.5) is 0 Å². The molecule has 1 atom stereocenters. The highest BCUT2D eigenvalue weighted by molar-refractivity contribution is 5.86. The van der Waals surface area contributed by atoms with E-state index >= 15 is 0 Å². The Morgan fingerprint density at radius 2 is 1.79 bits per heavy atom. The normalized spacial score (nSPS) is 13.1. The van der Waals surface area contributed by atoms with Crippen LogP contribution in [0.2, 0.25) is 0 Å². The lowest BCUT2D eigenvalue weighted by Gasteiger charge is -2.29. The first-order valence-electron chi connectivity index (χ1n) is 7.22. The van der Waals surface area contributed by atoms with Crippen molar-refractivity contribution >= 4 is 5.91 Å². The van der Waals surface area contributed by atoms with Gasteiger partial charge in [0.2, 0.25) is 5.91 Å². The first kappa shape index (κ1) is 15.7. The van der Waals surface area contributed by atoms with Crippen molar-refractivity contribution in [1.29, 1.82) is 0 Å². The molecular weight excluding hydrogens is 236 g/mol. The molecule has 3 N–H and O–H groups in total. The van der Waals surface area contributed by atoms with E-state index < -0.39 is 5.54 Å². The number of hydrogen-bond acceptors (Lipinski definition) is 2. The van der Waals surface area contributed by atoms with Crippen molar-refractivity contribution < 1.29 is 4.79 Å². The number of hydrogen-bond donors (Lipinski definition) is 2. The summed E-state index contributed by atoms with van der Waals surface area (Å²) in [7, 11) is 0. The zero-order valence-electron chi connectivity index (χ0n) is 12.3. The Morgan fingerprint density at radius 3 is 2.26 bits per heavy atom. The van der Waals surface area contributed by atoms with Crippen LogP contribution >= 0.6 is 0 Å². The molecule has 0 bridgehead atoms. The maximum Gasteiger partial charge on any atom is 0.240 e. The first-order chi connectivity index (χ1) is 9.07. The van der Waals surface area contributed by atoms with Gasteiger partial charge in [-0.1, -0.05) is 57.5 Å². The van der Waals surface area contributed by atoms with Crippen molar-refractivity contribution in [2.24, 2.45) is 5.73 Å². The Balaban J connectivity index is 2.83. The van der Waals surface area contributed by atoms with Crippen molar-refractivity contribution in [2.75, 3.05) is 0 Å². The lowest BCUT2D eigenvalue weighted by molar-refractivity contribution is -0.127. The summed E-state index contributed by atoms with van der Waals surface area (Å²) in [6, 6.07) is 10.1. The zero-order valence-corrected chi connectivity index (χ0v) is 12.3. The maximum absolute atomic E-state index is 12.3. The largest absolute Gasteiger partial charge is 0.348 e. The van der Waals surface area contributed by atoms with Crippen LogP contribution < -0.4 is 11.1 Å². The van der Waals surface area contributed by atoms with Crippen molar-refractivity contribution in [3.63, 3.8) is 0 Å². The number of carbonyl (C=O) groups excluding carboxylic acids is 1. The van der Waals surface area contributed by atoms with Crippen LogP contribution in [0.5, 0.6) is 0 Å². The molecule has 0 aliphatic heterocycles. The van der Waals surface area contributed by atoms with E-state index in [0.29, 0.717) is 12.8 Å². The predicted molar refractivity (Wildman–Crippen MR) is 79.7 cm³/mol. The minimum Gasteiger partial charge on any atom is -0.348 e. The van der Waals surface area contributed by atoms with Gasteiger partial charge in [0.05, 0.1) is 11.6 Å². The summed E-state index contributed by atoms with van der Waals surface area (Å²) in [6.07, 6.45) is 3.26. The van der Waals surface area contributed by atoms with Crippen LogP contribution in [-0.4, -0.2) is 11.4 Å². The monoisotopic (exact) mass is 262 g/mol. The number of nitrogens with two attached hydrogens (primary N) is 1. The van der Waals surface area contributed by atoms with E-state index in [4.69, 9.17) is 5.73 Å². The van der Waals surface area contributed by atoms with Crippen molar-refractivity contribution in [3.8, 4) is 0 Å². The van der Waals surface area contributed by atoms with E-state index in [1.54, 1.807) is 0 Å². The Morgan fingerprint density at radius 1 is 1.21 bits per heavy atom. The molecule has 1 aromatic rings. The molecule has 0 aliphatic rings. The van der Waals surface area contributed by atoms with Crippen molar-refractivity contribution in [3.05, 3.63) is 35.9 Å². The van der Waals surface area contributed by atoms with Gasteiger partial charge in [-0.05, 0) is 24.8 Å². The highest BCUT2D eigenvalue weighted by Gasteiger charge is 2.31. The summed E-state index contributed by atoms with van der Waals surface area (Å²) < 4.78 is 0. The van der Waals surface area contributed by atoms with Gasteiger partial charge in [0.1, 0.15) is 0 Å². The van der Waals surface area contributed by atoms with Gasteiger partial charge in [-0.3, -0.25) is 4.79 Å². The van der Waals surface area contributed by atoms with Crippen molar-refractivity contribution in [1.82, 2.24) is 5.32 Å². The van der Waals surface area contributed by atoms with Gasteiger partial charge in [-0.25, -0.2) is 0 Å². The summed E-state index contributed by atoms with van der Waals surface area (Å²) in [4.78, 5) is 12.3. The van der Waals surface area contributed by atoms with Crippen LogP contribution in [0.3, 0.4) is 0 Å². The van der Waals surface area contributed by atoms with E-state index in [-0.39, 0.29) is 11.9 Å². The van der Waals surface area contributed by atoms with Gasteiger partial charge in [0, 0.05) is 0 Å². The van der Waals surface area contributed by atoms with E-state index in [9.17, 15) is 4.79 Å². The van der Waals surface area contributed by atoms with E-state index in [2.05, 4.69) is 24.4 Å². The Hall–Kier alpha value is -1.35. The molecule has 0 aliphatic carbocycles. The molecule has 3 nitrogen and oxygen atoms in total. The topological polar surface area (TPSA) is 55.1 Å². The lowest BCUT2D eigenvalue weighted by atomic mass is 9.92. The van der Waals surface area contributed by atoms with Crippen LogP contribution in [0.1, 0.15) is 58.1 Å². The Kier molecular flexibility index (Phi) is 6.03. The summed E-state index contributed by atoms with van der Waals surface area (Å²) >= 11 is 0. The summed E-state index contributed by atoms with van der Waals surface area (Å²) in [5, 5.41) is 3.11. The molecule has 19 heavy (non-hydrogen) atoms. The molecule has 0 radical (unpaired) electrons. The fourth-order valence-electron chi connectivity index (χ4n) is 2.17. The van der Waals surface area contributed by atoms with E-state index in [1.165, 1.54) is 0 Å². The molecule has 1 aromatic carbocycles. The maximum atomic E-state index is 12.3. The minimum atomic E-state index is -0.749. The molecule has 0 spiro atoms. The molecule has 0 aromatic heterocycles. The second kappa shape index (κ2) is 7.29. The third-order valence-corrected chi connectivity index (χ3v) is 3.80. The number of carbonyl (C=O) groups is 1. The summed E-state index contributed by atoms with van der Waals surface area (Å²) in [5.74, 6) is -0.0418. The van der Waals surface area contributed by atoms with Crippen LogP contribution in [0.15, 0.2) is 30.3 Å². The van der Waals surface area contributed by atoms with Gasteiger partial charge < -0.3 is 11.1 Å². The highest BCUT2D eigenvalue weighted by Crippen LogP contribution is 2.20. The molecule has 106 valence electrons. The van der Waals surface area contributed by atoms with Crippen LogP contribution in [-0.2, 0) is 4.79 Å². The van der Waals surface area contributed by atoms with Gasteiger partial charge in [-0.15, -0.1) is 0 Å². The van der Waals surface area contributed by atoms with Gasteiger partial charge in [0.25, 0.3) is 0 Å². The average molecular weight is 262 g/mol. The number of amides is 1. The zero-order chi connectivity index (χ0) is 14.3. The van der Waals surface area contributed by atoms with E-state index in [0.717, 1.165) is 18.4 Å². The fourth-order valence-corrected chi connectivity index (χ4v) is 2.17. The van der Waals surface area contributed by atoms with Crippen LogP contribution in [0, 0.1) is 0 Å². The second-order valence-corrected chi connectivity index (χ2v) is 5.09. The van der Waals surface area contributed by atoms with Gasteiger partial charge in [-0.2, -0.15) is 0 Å². The van der Waals surface area contributed by atoms with Gasteiger partial charge in [0.15, 0.2) is 0 Å². The highest BCUT2D eigenvalue weighted by atomic mass is 16.2. The standard InChI is InChI=1S/C16H26N2O/c1-4-10-14(13-11-8-7-9-12-13)18-15(19)16(17,5-2)6-3/h7-9,11-12,14H,4-6,10,17H2,1-3H3,(H,18,19). The van der Waals surface area contributed by atoms with Crippen LogP contribution in [0.25, 0.3) is 0 Å². The number of benzene rings is 1. The SMILES string of the molecule is CCCC(NC(=O)C(N)(CC)CC)c1ccccc1. The molecule has 3 heteroatoms. The molecule has 1 amide bonds. The Bertz CT molecular complexity index is 385. The average Bonchev–Trinajstić information content (AvgIpc) is 2.46. The molecule has 0 heterocycles. The third-order valence-electron chi connectivity index (χ3n) is 3.80. The third kappa shape index (κ3) is 4.06. The van der Waals surface area contributed by atoms with E-state index in [1.807, 2.05) is 32.0 Å². The van der Waals surface area contributed by atoms with Crippen molar-refractivity contribution in [2.45, 2.75) is 58.0 Å². The molecule has 1 unspecified atom stereocenters. The molecule has 1 rings (SSSR count). The molecule has 0 fully saturated rings. The minimum absolute atomic E-state index is 0.0418. The molecular formula is C16H26N2O. The predicted octanol–water partition coefficient (Wildman–Crippen LogP) is 3.16. The quantitative estimate of drug-likeness (QED) is 0.793. The fraction of sp³-hybridized carbons (Fsp3) is 0.562.